The molecule has 0 bridgehead atoms. The zero-order valence-electron chi connectivity index (χ0n) is 5.07. The van der Waals surface area contributed by atoms with Crippen LogP contribution in [0.15, 0.2) is 0 Å². The lowest BCUT2D eigenvalue weighted by molar-refractivity contribution is 0.798. The molecule has 0 fully saturated rings. The Labute approximate surface area is 48.9 Å². The van der Waals surface area contributed by atoms with Gasteiger partial charge >= 0.3 is 0 Å². The molecule has 0 aliphatic carbocycles. The third kappa shape index (κ3) is 4.28. The minimum atomic E-state index is 0.630. The average molecular weight is 116 g/mol. The highest BCUT2D eigenvalue weighted by Crippen LogP contribution is 2.09. The van der Waals surface area contributed by atoms with Gasteiger partial charge in [-0.2, -0.15) is 6.92 Å². The largest absolute Gasteiger partial charge is 0.588 e. The predicted octanol–water partition coefficient (Wildman–Crippen LogP) is 2.52. The fourth-order valence-corrected chi connectivity index (χ4v) is 0.766. The van der Waals surface area contributed by atoms with Gasteiger partial charge in [0.2, 0.25) is 0 Å². The molecule has 0 saturated heterocycles. The molecule has 0 N–H and O–H groups in total. The Kier molecular flexibility index (Phi) is 4.87. The summed E-state index contributed by atoms with van der Waals surface area (Å²) in [5.74, 6) is 0. The van der Waals surface area contributed by atoms with E-state index in [0.717, 1.165) is 0 Å². The van der Waals surface area contributed by atoms with Crippen LogP contribution in [0.25, 0.3) is 0 Å². The predicted molar refractivity (Wildman–Crippen MR) is 37.0 cm³/mol. The van der Waals surface area contributed by atoms with Crippen molar-refractivity contribution >= 4 is 9.24 Å². The highest BCUT2D eigenvalue weighted by molar-refractivity contribution is 7.17. The van der Waals surface area contributed by atoms with Crippen LogP contribution < -0.4 is 0 Å². The lowest BCUT2D eigenvalue weighted by Crippen LogP contribution is -1.92. The van der Waals surface area contributed by atoms with Crippen LogP contribution in [-0.4, -0.2) is 5.66 Å². The lowest BCUT2D eigenvalue weighted by atomic mass is 10.2. The van der Waals surface area contributed by atoms with Crippen molar-refractivity contribution in [1.82, 2.24) is 0 Å². The van der Waals surface area contributed by atoms with Crippen molar-refractivity contribution in [3.8, 4) is 0 Å². The van der Waals surface area contributed by atoms with E-state index in [4.69, 9.17) is 0 Å². The molecule has 1 heteroatoms. The van der Waals surface area contributed by atoms with E-state index in [2.05, 4.69) is 29.5 Å². The van der Waals surface area contributed by atoms with E-state index in [1.807, 2.05) is 0 Å². The molecule has 0 aromatic carbocycles. The summed E-state index contributed by atoms with van der Waals surface area (Å²) in [4.78, 5) is 0. The van der Waals surface area contributed by atoms with Crippen LogP contribution in [0.4, 0.5) is 0 Å². The summed E-state index contributed by atoms with van der Waals surface area (Å²) in [7, 11) is 3.53. The maximum Gasteiger partial charge on any atom is -0.0605 e. The van der Waals surface area contributed by atoms with Gasteiger partial charge in [0.15, 0.2) is 0 Å². The van der Waals surface area contributed by atoms with Gasteiger partial charge in [0.05, 0.1) is 0 Å². The second-order valence-electron chi connectivity index (χ2n) is 1.73. The number of rotatable bonds is 3. The molecule has 0 aromatic heterocycles. The monoisotopic (exact) mass is 116 g/mol. The van der Waals surface area contributed by atoms with Crippen LogP contribution in [0.2, 0.25) is 0 Å². The van der Waals surface area contributed by atoms with Crippen molar-refractivity contribution in [1.29, 1.82) is 0 Å². The standard InChI is InChI=1S/C6H13P/c1-3-5-6(7)4-2/h4,6-7H,3,5H2,1-2H3/q-2. The third-order valence-electron chi connectivity index (χ3n) is 1.00. The Balaban J connectivity index is 2.83. The first-order valence-corrected chi connectivity index (χ1v) is 3.39. The van der Waals surface area contributed by atoms with Gasteiger partial charge in [0.25, 0.3) is 0 Å². The Bertz CT molecular complexity index is 35.2. The van der Waals surface area contributed by atoms with E-state index in [9.17, 15) is 0 Å². The molecule has 0 amide bonds. The van der Waals surface area contributed by atoms with Gasteiger partial charge in [-0.15, -0.1) is 6.42 Å². The Morgan fingerprint density at radius 3 is 2.43 bits per heavy atom. The van der Waals surface area contributed by atoms with Crippen LogP contribution >= 0.6 is 9.24 Å². The summed E-state index contributed by atoms with van der Waals surface area (Å²) >= 11 is 0. The number of hydrogen-bond acceptors (Lipinski definition) is 0. The quantitative estimate of drug-likeness (QED) is 0.392. The maximum absolute atomic E-state index is 3.53. The number of hydrogen-bond donors (Lipinski definition) is 0. The zero-order chi connectivity index (χ0) is 5.70. The molecule has 0 aliphatic heterocycles. The molecule has 0 heterocycles. The summed E-state index contributed by atoms with van der Waals surface area (Å²) in [5.41, 5.74) is 0.630. The zero-order valence-corrected chi connectivity index (χ0v) is 6.07. The van der Waals surface area contributed by atoms with E-state index in [0.29, 0.717) is 5.66 Å². The first-order valence-electron chi connectivity index (χ1n) is 2.81. The van der Waals surface area contributed by atoms with E-state index >= 15 is 0 Å². The van der Waals surface area contributed by atoms with E-state index in [1.165, 1.54) is 12.8 Å². The van der Waals surface area contributed by atoms with Crippen LogP contribution in [0.3, 0.4) is 0 Å². The maximum atomic E-state index is 3.53. The first kappa shape index (κ1) is 7.43. The SMILES string of the molecule is C[CH-]C([PH-])CCC. The van der Waals surface area contributed by atoms with Gasteiger partial charge < -0.3 is 21.3 Å². The van der Waals surface area contributed by atoms with Gasteiger partial charge in [0, 0.05) is 0 Å². The molecule has 0 aliphatic rings. The highest BCUT2D eigenvalue weighted by Gasteiger charge is 1.74. The van der Waals surface area contributed by atoms with Crippen molar-refractivity contribution < 1.29 is 0 Å². The fraction of sp³-hybridized carbons (Fsp3) is 0.833. The third-order valence-corrected chi connectivity index (χ3v) is 1.62. The second-order valence-corrected chi connectivity index (χ2v) is 2.47. The molecule has 1 unspecified atom stereocenters. The van der Waals surface area contributed by atoms with Crippen molar-refractivity contribution in [3.63, 3.8) is 0 Å². The molecule has 0 radical (unpaired) electrons. The highest BCUT2D eigenvalue weighted by atomic mass is 31.0. The molecule has 0 saturated carbocycles. The van der Waals surface area contributed by atoms with Crippen molar-refractivity contribution in [3.05, 3.63) is 6.42 Å². The molecule has 44 valence electrons. The average Bonchev–Trinajstić information content (AvgIpc) is 1.68. The molecule has 0 aromatic rings. The molecule has 0 rings (SSSR count). The molecule has 7 heavy (non-hydrogen) atoms. The summed E-state index contributed by atoms with van der Waals surface area (Å²) in [6, 6.07) is 0. The molecule has 0 nitrogen and oxygen atoms in total. The minimum Gasteiger partial charge on any atom is -0.588 e. The Hall–Kier alpha value is 0.430. The Morgan fingerprint density at radius 2 is 2.29 bits per heavy atom. The smallest absolute Gasteiger partial charge is 0.0605 e. The van der Waals surface area contributed by atoms with Gasteiger partial charge in [-0.05, 0) is 0 Å². The summed E-state index contributed by atoms with van der Waals surface area (Å²) in [6.45, 7) is 4.27. The molecule has 0 spiro atoms. The van der Waals surface area contributed by atoms with Crippen molar-refractivity contribution in [2.75, 3.05) is 0 Å². The van der Waals surface area contributed by atoms with Crippen LogP contribution in [-0.2, 0) is 0 Å². The van der Waals surface area contributed by atoms with Crippen LogP contribution in [0.1, 0.15) is 26.7 Å². The minimum absolute atomic E-state index is 0.630. The fourth-order valence-electron chi connectivity index (χ4n) is 0.478. The second kappa shape index (κ2) is 4.59. The van der Waals surface area contributed by atoms with Gasteiger partial charge in [-0.1, -0.05) is 13.3 Å². The molecular weight excluding hydrogens is 103 g/mol. The first-order chi connectivity index (χ1) is 3.31. The van der Waals surface area contributed by atoms with Crippen LogP contribution in [0, 0.1) is 6.42 Å². The van der Waals surface area contributed by atoms with E-state index in [-0.39, 0.29) is 0 Å². The van der Waals surface area contributed by atoms with Gasteiger partial charge in [-0.25, -0.2) is 0 Å². The summed E-state index contributed by atoms with van der Waals surface area (Å²) < 4.78 is 0. The molecule has 1 atom stereocenters. The normalized spacial score (nSPS) is 14.1. The van der Waals surface area contributed by atoms with Gasteiger partial charge in [-0.3, -0.25) is 0 Å². The summed E-state index contributed by atoms with van der Waals surface area (Å²) in [5, 5.41) is 0. The van der Waals surface area contributed by atoms with Crippen molar-refractivity contribution in [2.45, 2.75) is 32.3 Å². The van der Waals surface area contributed by atoms with Gasteiger partial charge in [0.1, 0.15) is 0 Å². The topological polar surface area (TPSA) is 0 Å². The molecular formula is C6H13P-2. The van der Waals surface area contributed by atoms with E-state index in [1.54, 1.807) is 0 Å². The lowest BCUT2D eigenvalue weighted by Gasteiger charge is -2.25. The van der Waals surface area contributed by atoms with Crippen LogP contribution in [0.5, 0.6) is 0 Å². The van der Waals surface area contributed by atoms with Crippen molar-refractivity contribution in [2.24, 2.45) is 0 Å². The Morgan fingerprint density at radius 1 is 1.71 bits per heavy atom. The summed E-state index contributed by atoms with van der Waals surface area (Å²) in [6.07, 6.45) is 4.69. The van der Waals surface area contributed by atoms with E-state index < -0.39 is 0 Å².